The number of piperidine rings is 1. The van der Waals surface area contributed by atoms with Crippen LogP contribution in [-0.4, -0.2) is 42.3 Å². The maximum Gasteiger partial charge on any atom is 0.337 e. The van der Waals surface area contributed by atoms with Crippen LogP contribution in [0.25, 0.3) is 0 Å². The van der Waals surface area contributed by atoms with Gasteiger partial charge in [0.1, 0.15) is 5.82 Å². The molecule has 5 heteroatoms. The van der Waals surface area contributed by atoms with Gasteiger partial charge in [0.05, 0.1) is 19.3 Å². The van der Waals surface area contributed by atoms with Gasteiger partial charge in [-0.3, -0.25) is 4.90 Å². The fraction of sp³-hybridized carbons (Fsp3) is 0.533. The number of benzene rings is 1. The Morgan fingerprint density at radius 2 is 2.30 bits per heavy atom. The van der Waals surface area contributed by atoms with Gasteiger partial charge in [-0.2, -0.15) is 0 Å². The Morgan fingerprint density at radius 3 is 3.00 bits per heavy atom. The van der Waals surface area contributed by atoms with E-state index in [1.807, 2.05) is 0 Å². The molecule has 2 rings (SSSR count). The van der Waals surface area contributed by atoms with Crippen LogP contribution in [0.2, 0.25) is 0 Å². The number of aliphatic hydroxyl groups is 1. The van der Waals surface area contributed by atoms with Crippen LogP contribution in [-0.2, 0) is 11.3 Å². The predicted molar refractivity (Wildman–Crippen MR) is 72.9 cm³/mol. The molecule has 110 valence electrons. The first-order chi connectivity index (χ1) is 9.65. The third kappa shape index (κ3) is 3.35. The van der Waals surface area contributed by atoms with Gasteiger partial charge in [0.15, 0.2) is 0 Å². The van der Waals surface area contributed by atoms with Gasteiger partial charge in [0.2, 0.25) is 0 Å². The number of carbonyl (C=O) groups excluding carboxylic acids is 1. The second kappa shape index (κ2) is 6.81. The van der Waals surface area contributed by atoms with Gasteiger partial charge >= 0.3 is 5.97 Å². The Morgan fingerprint density at radius 1 is 1.50 bits per heavy atom. The molecule has 0 saturated carbocycles. The average molecular weight is 281 g/mol. The summed E-state index contributed by atoms with van der Waals surface area (Å²) < 4.78 is 18.5. The summed E-state index contributed by atoms with van der Waals surface area (Å²) in [5, 5.41) is 9.38. The van der Waals surface area contributed by atoms with E-state index in [1.165, 1.54) is 25.3 Å². The van der Waals surface area contributed by atoms with E-state index in [2.05, 4.69) is 9.64 Å². The van der Waals surface area contributed by atoms with Gasteiger partial charge in [-0.25, -0.2) is 9.18 Å². The van der Waals surface area contributed by atoms with Crippen molar-refractivity contribution in [3.8, 4) is 0 Å². The zero-order chi connectivity index (χ0) is 14.5. The summed E-state index contributed by atoms with van der Waals surface area (Å²) in [6.45, 7) is 1.33. The van der Waals surface area contributed by atoms with Crippen LogP contribution in [0.4, 0.5) is 4.39 Å². The average Bonchev–Trinajstić information content (AvgIpc) is 2.49. The molecule has 1 saturated heterocycles. The van der Waals surface area contributed by atoms with Crippen LogP contribution >= 0.6 is 0 Å². The SMILES string of the molecule is COC(=O)c1ccc(F)c(CN2CCCC[C@@H]2CO)c1. The fourth-order valence-electron chi connectivity index (χ4n) is 2.63. The van der Waals surface area contributed by atoms with Crippen molar-refractivity contribution in [2.75, 3.05) is 20.3 Å². The molecule has 4 nitrogen and oxygen atoms in total. The fourth-order valence-corrected chi connectivity index (χ4v) is 2.63. The van der Waals surface area contributed by atoms with Gasteiger partial charge in [0.25, 0.3) is 0 Å². The second-order valence-electron chi connectivity index (χ2n) is 5.10. The molecule has 1 heterocycles. The minimum atomic E-state index is -0.469. The number of ether oxygens (including phenoxy) is 1. The topological polar surface area (TPSA) is 49.8 Å². The normalized spacial score (nSPS) is 19.9. The van der Waals surface area contributed by atoms with Crippen LogP contribution in [0.1, 0.15) is 35.2 Å². The molecule has 1 aliphatic heterocycles. The quantitative estimate of drug-likeness (QED) is 0.857. The molecule has 1 aromatic rings. The van der Waals surface area contributed by atoms with E-state index < -0.39 is 5.97 Å². The van der Waals surface area contributed by atoms with Gasteiger partial charge < -0.3 is 9.84 Å². The first-order valence-corrected chi connectivity index (χ1v) is 6.87. The lowest BCUT2D eigenvalue weighted by Crippen LogP contribution is -2.41. The maximum atomic E-state index is 13.9. The lowest BCUT2D eigenvalue weighted by atomic mass is 10.0. The summed E-state index contributed by atoms with van der Waals surface area (Å²) >= 11 is 0. The number of aliphatic hydroxyl groups excluding tert-OH is 1. The van der Waals surface area contributed by atoms with E-state index in [-0.39, 0.29) is 18.5 Å². The van der Waals surface area contributed by atoms with E-state index in [9.17, 15) is 14.3 Å². The molecule has 0 bridgehead atoms. The number of rotatable bonds is 4. The number of hydrogen-bond acceptors (Lipinski definition) is 4. The van der Waals surface area contributed by atoms with Crippen molar-refractivity contribution in [2.45, 2.75) is 31.8 Å². The lowest BCUT2D eigenvalue weighted by Gasteiger charge is -2.34. The van der Waals surface area contributed by atoms with E-state index >= 15 is 0 Å². The summed E-state index contributed by atoms with van der Waals surface area (Å²) in [5.41, 5.74) is 0.815. The minimum absolute atomic E-state index is 0.0740. The maximum absolute atomic E-state index is 13.9. The van der Waals surface area contributed by atoms with E-state index in [0.29, 0.717) is 17.7 Å². The molecule has 1 atom stereocenters. The van der Waals surface area contributed by atoms with E-state index in [0.717, 1.165) is 25.8 Å². The first kappa shape index (κ1) is 14.9. The highest BCUT2D eigenvalue weighted by atomic mass is 19.1. The van der Waals surface area contributed by atoms with Crippen molar-refractivity contribution in [2.24, 2.45) is 0 Å². The van der Waals surface area contributed by atoms with Crippen LogP contribution in [0.15, 0.2) is 18.2 Å². The highest BCUT2D eigenvalue weighted by Gasteiger charge is 2.23. The molecule has 0 aliphatic carbocycles. The molecule has 1 aliphatic rings. The summed E-state index contributed by atoms with van der Waals surface area (Å²) in [4.78, 5) is 13.6. The Balaban J connectivity index is 2.17. The molecule has 0 amide bonds. The van der Waals surface area contributed by atoms with Crippen molar-refractivity contribution in [1.82, 2.24) is 4.90 Å². The summed E-state index contributed by atoms with van der Waals surface area (Å²) in [6, 6.07) is 4.32. The number of likely N-dealkylation sites (tertiary alicyclic amines) is 1. The monoisotopic (exact) mass is 281 g/mol. The number of hydrogen-bond donors (Lipinski definition) is 1. The Labute approximate surface area is 118 Å². The number of carbonyl (C=O) groups is 1. The summed E-state index contributed by atoms with van der Waals surface area (Å²) in [6.07, 6.45) is 3.07. The molecule has 1 N–H and O–H groups in total. The van der Waals surface area contributed by atoms with E-state index in [4.69, 9.17) is 0 Å². The van der Waals surface area contributed by atoms with Gasteiger partial charge in [-0.15, -0.1) is 0 Å². The predicted octanol–water partition coefficient (Wildman–Crippen LogP) is 1.96. The molecule has 20 heavy (non-hydrogen) atoms. The van der Waals surface area contributed by atoms with Gasteiger partial charge in [0, 0.05) is 18.2 Å². The van der Waals surface area contributed by atoms with Crippen molar-refractivity contribution >= 4 is 5.97 Å². The molecule has 0 unspecified atom stereocenters. The largest absolute Gasteiger partial charge is 0.465 e. The number of halogens is 1. The third-order valence-electron chi connectivity index (χ3n) is 3.80. The zero-order valence-corrected chi connectivity index (χ0v) is 11.6. The lowest BCUT2D eigenvalue weighted by molar-refractivity contribution is 0.0599. The zero-order valence-electron chi connectivity index (χ0n) is 11.6. The van der Waals surface area contributed by atoms with Crippen LogP contribution < -0.4 is 0 Å². The highest BCUT2D eigenvalue weighted by Crippen LogP contribution is 2.21. The van der Waals surface area contributed by atoms with Crippen molar-refractivity contribution in [1.29, 1.82) is 0 Å². The summed E-state index contributed by atoms with van der Waals surface area (Å²) in [5.74, 6) is -0.802. The molecule has 1 aromatic carbocycles. The summed E-state index contributed by atoms with van der Waals surface area (Å²) in [7, 11) is 1.30. The molecule has 0 spiro atoms. The standard InChI is InChI=1S/C15H20FNO3/c1-20-15(19)11-5-6-14(16)12(8-11)9-17-7-3-2-4-13(17)10-18/h5-6,8,13,18H,2-4,7,9-10H2,1H3/t13-/m1/s1. The Kier molecular flexibility index (Phi) is 5.09. The molecule has 0 aromatic heterocycles. The molecule has 1 fully saturated rings. The van der Waals surface area contributed by atoms with Gasteiger partial charge in [-0.05, 0) is 37.6 Å². The molecular weight excluding hydrogens is 261 g/mol. The highest BCUT2D eigenvalue weighted by molar-refractivity contribution is 5.89. The van der Waals surface area contributed by atoms with E-state index in [1.54, 1.807) is 0 Å². The Hall–Kier alpha value is -1.46. The number of methoxy groups -OCH3 is 1. The number of esters is 1. The third-order valence-corrected chi connectivity index (χ3v) is 3.80. The molecular formula is C15H20FNO3. The smallest absolute Gasteiger partial charge is 0.337 e. The first-order valence-electron chi connectivity index (χ1n) is 6.87. The van der Waals surface area contributed by atoms with Crippen LogP contribution in [0.3, 0.4) is 0 Å². The van der Waals surface area contributed by atoms with Crippen LogP contribution in [0, 0.1) is 5.82 Å². The van der Waals surface area contributed by atoms with Crippen molar-refractivity contribution in [3.63, 3.8) is 0 Å². The Bertz CT molecular complexity index is 478. The minimum Gasteiger partial charge on any atom is -0.465 e. The second-order valence-corrected chi connectivity index (χ2v) is 5.10. The van der Waals surface area contributed by atoms with Crippen molar-refractivity contribution in [3.05, 3.63) is 35.1 Å². The van der Waals surface area contributed by atoms with Crippen LogP contribution in [0.5, 0.6) is 0 Å². The molecule has 0 radical (unpaired) electrons. The number of nitrogens with zero attached hydrogens (tertiary/aromatic N) is 1. The van der Waals surface area contributed by atoms with Crippen molar-refractivity contribution < 1.29 is 19.0 Å². The van der Waals surface area contributed by atoms with Gasteiger partial charge in [-0.1, -0.05) is 6.42 Å².